The molecule has 0 unspecified atom stereocenters. The van der Waals surface area contributed by atoms with E-state index in [0.717, 1.165) is 3.79 Å². The van der Waals surface area contributed by atoms with Gasteiger partial charge in [-0.05, 0) is 35.0 Å². The smallest absolute Gasteiger partial charge is 0.252 e. The lowest BCUT2D eigenvalue weighted by Gasteiger charge is -2.29. The Morgan fingerprint density at radius 2 is 2.31 bits per heavy atom. The Balaban J connectivity index is 2.25. The normalized spacial score (nSPS) is 23.5. The van der Waals surface area contributed by atoms with Gasteiger partial charge in [-0.2, -0.15) is 4.31 Å². The molecule has 2 rings (SSSR count). The van der Waals surface area contributed by atoms with Gasteiger partial charge in [-0.25, -0.2) is 8.42 Å². The Labute approximate surface area is 107 Å². The zero-order chi connectivity index (χ0) is 11.8. The first-order valence-electron chi connectivity index (χ1n) is 4.87. The van der Waals surface area contributed by atoms with Crippen molar-refractivity contribution in [3.63, 3.8) is 0 Å². The second-order valence-corrected chi connectivity index (χ2v) is 8.23. The van der Waals surface area contributed by atoms with Crippen LogP contribution in [0.5, 0.6) is 0 Å². The van der Waals surface area contributed by atoms with E-state index in [-0.39, 0.29) is 6.10 Å². The minimum Gasteiger partial charge on any atom is -0.376 e. The van der Waals surface area contributed by atoms with Gasteiger partial charge >= 0.3 is 0 Å². The second kappa shape index (κ2) is 4.73. The number of thiophene rings is 1. The molecule has 0 amide bonds. The molecular formula is C9H12BrNO3S2. The van der Waals surface area contributed by atoms with Crippen LogP contribution in [0.4, 0.5) is 0 Å². The van der Waals surface area contributed by atoms with Gasteiger partial charge in [-0.3, -0.25) is 0 Å². The van der Waals surface area contributed by atoms with Gasteiger partial charge in [-0.15, -0.1) is 11.3 Å². The maximum atomic E-state index is 12.2. The van der Waals surface area contributed by atoms with Crippen molar-refractivity contribution in [1.29, 1.82) is 0 Å². The molecule has 0 saturated carbocycles. The van der Waals surface area contributed by atoms with E-state index in [9.17, 15) is 8.42 Å². The molecule has 4 nitrogen and oxygen atoms in total. The largest absolute Gasteiger partial charge is 0.376 e. The van der Waals surface area contributed by atoms with E-state index < -0.39 is 10.0 Å². The zero-order valence-electron chi connectivity index (χ0n) is 8.72. The monoisotopic (exact) mass is 325 g/mol. The quantitative estimate of drug-likeness (QED) is 0.834. The fourth-order valence-electron chi connectivity index (χ4n) is 1.57. The van der Waals surface area contributed by atoms with Crippen molar-refractivity contribution < 1.29 is 13.2 Å². The number of rotatable bonds is 2. The third-order valence-electron chi connectivity index (χ3n) is 2.35. The Bertz CT molecular complexity index is 471. The average Bonchev–Trinajstić information content (AvgIpc) is 2.65. The summed E-state index contributed by atoms with van der Waals surface area (Å²) >= 11 is 4.51. The lowest BCUT2D eigenvalue weighted by Crippen LogP contribution is -2.44. The molecule has 1 aliphatic heterocycles. The molecule has 0 aliphatic carbocycles. The zero-order valence-corrected chi connectivity index (χ0v) is 11.9. The van der Waals surface area contributed by atoms with E-state index in [0.29, 0.717) is 23.9 Å². The van der Waals surface area contributed by atoms with Crippen LogP contribution in [-0.4, -0.2) is 38.5 Å². The molecule has 0 radical (unpaired) electrons. The lowest BCUT2D eigenvalue weighted by molar-refractivity contribution is 0.0102. The summed E-state index contributed by atoms with van der Waals surface area (Å²) in [5, 5.41) is 0. The predicted molar refractivity (Wildman–Crippen MR) is 66.2 cm³/mol. The summed E-state index contributed by atoms with van der Waals surface area (Å²) in [4.78, 5) is 0. The Morgan fingerprint density at radius 3 is 2.88 bits per heavy atom. The van der Waals surface area contributed by atoms with Crippen LogP contribution in [0.1, 0.15) is 6.92 Å². The van der Waals surface area contributed by atoms with Crippen molar-refractivity contribution in [3.05, 3.63) is 15.9 Å². The van der Waals surface area contributed by atoms with Crippen molar-refractivity contribution in [2.24, 2.45) is 0 Å². The van der Waals surface area contributed by atoms with Crippen molar-refractivity contribution in [1.82, 2.24) is 4.31 Å². The summed E-state index contributed by atoms with van der Waals surface area (Å²) in [6.45, 7) is 3.21. The number of hydrogen-bond acceptors (Lipinski definition) is 4. The Hall–Kier alpha value is 0.0500. The predicted octanol–water partition coefficient (Wildman–Crippen LogP) is 1.92. The fourth-order valence-corrected chi connectivity index (χ4v) is 5.23. The summed E-state index contributed by atoms with van der Waals surface area (Å²) < 4.78 is 32.4. The van der Waals surface area contributed by atoms with Gasteiger partial charge in [0, 0.05) is 13.1 Å². The van der Waals surface area contributed by atoms with Crippen molar-refractivity contribution in [2.45, 2.75) is 17.2 Å². The molecule has 1 fully saturated rings. The molecular weight excluding hydrogens is 314 g/mol. The minimum absolute atomic E-state index is 0.0353. The summed E-state index contributed by atoms with van der Waals surface area (Å²) in [6, 6.07) is 3.38. The van der Waals surface area contributed by atoms with Crippen LogP contribution in [0, 0.1) is 0 Å². The molecule has 90 valence electrons. The van der Waals surface area contributed by atoms with E-state index in [1.54, 1.807) is 12.1 Å². The molecule has 1 aromatic heterocycles. The number of ether oxygens (including phenoxy) is 1. The minimum atomic E-state index is -3.33. The highest BCUT2D eigenvalue weighted by Gasteiger charge is 2.30. The molecule has 2 heterocycles. The summed E-state index contributed by atoms with van der Waals surface area (Å²) in [5.41, 5.74) is 0. The number of hydrogen-bond donors (Lipinski definition) is 0. The molecule has 0 spiro atoms. The highest BCUT2D eigenvalue weighted by atomic mass is 79.9. The van der Waals surface area contributed by atoms with Crippen molar-refractivity contribution in [2.75, 3.05) is 19.7 Å². The SMILES string of the molecule is C[C@H]1CN(S(=O)(=O)c2ccc(Br)s2)CCO1. The van der Waals surface area contributed by atoms with Gasteiger partial charge in [0.15, 0.2) is 0 Å². The maximum Gasteiger partial charge on any atom is 0.252 e. The lowest BCUT2D eigenvalue weighted by atomic mass is 10.3. The molecule has 0 N–H and O–H groups in total. The van der Waals surface area contributed by atoms with Crippen LogP contribution in [0.15, 0.2) is 20.1 Å². The highest BCUT2D eigenvalue weighted by Crippen LogP contribution is 2.29. The first-order chi connectivity index (χ1) is 7.50. The summed E-state index contributed by atoms with van der Waals surface area (Å²) in [7, 11) is -3.33. The van der Waals surface area contributed by atoms with E-state index in [2.05, 4.69) is 15.9 Å². The van der Waals surface area contributed by atoms with Gasteiger partial charge in [-0.1, -0.05) is 0 Å². The number of nitrogens with zero attached hydrogens (tertiary/aromatic N) is 1. The van der Waals surface area contributed by atoms with Gasteiger partial charge in [0.25, 0.3) is 10.0 Å². The first-order valence-corrected chi connectivity index (χ1v) is 7.92. The maximum absolute atomic E-state index is 12.2. The first kappa shape index (κ1) is 12.5. The molecule has 7 heteroatoms. The second-order valence-electron chi connectivity index (χ2n) is 3.60. The van der Waals surface area contributed by atoms with Crippen LogP contribution >= 0.6 is 27.3 Å². The van der Waals surface area contributed by atoms with Crippen LogP contribution in [-0.2, 0) is 14.8 Å². The molecule has 0 bridgehead atoms. The van der Waals surface area contributed by atoms with E-state index in [4.69, 9.17) is 4.74 Å². The molecule has 16 heavy (non-hydrogen) atoms. The summed E-state index contributed by atoms with van der Waals surface area (Å²) in [6.07, 6.45) is -0.0353. The van der Waals surface area contributed by atoms with Crippen LogP contribution in [0.25, 0.3) is 0 Å². The van der Waals surface area contributed by atoms with Crippen LogP contribution in [0.2, 0.25) is 0 Å². The third-order valence-corrected chi connectivity index (χ3v) is 6.30. The van der Waals surface area contributed by atoms with Crippen LogP contribution < -0.4 is 0 Å². The number of morpholine rings is 1. The van der Waals surface area contributed by atoms with Gasteiger partial charge in [0.2, 0.25) is 0 Å². The molecule has 1 atom stereocenters. The van der Waals surface area contributed by atoms with Gasteiger partial charge < -0.3 is 4.74 Å². The van der Waals surface area contributed by atoms with E-state index in [1.807, 2.05) is 6.92 Å². The van der Waals surface area contributed by atoms with Gasteiger partial charge in [0.1, 0.15) is 4.21 Å². The molecule has 0 aromatic carbocycles. The Morgan fingerprint density at radius 1 is 1.56 bits per heavy atom. The number of halogens is 1. The fraction of sp³-hybridized carbons (Fsp3) is 0.556. The van der Waals surface area contributed by atoms with Crippen molar-refractivity contribution >= 4 is 37.3 Å². The highest BCUT2D eigenvalue weighted by molar-refractivity contribution is 9.11. The van der Waals surface area contributed by atoms with E-state index >= 15 is 0 Å². The Kier molecular flexibility index (Phi) is 3.70. The third kappa shape index (κ3) is 2.48. The molecule has 1 saturated heterocycles. The van der Waals surface area contributed by atoms with Crippen molar-refractivity contribution in [3.8, 4) is 0 Å². The standard InChI is InChI=1S/C9H12BrNO3S2/c1-7-6-11(4-5-14-7)16(12,13)9-3-2-8(10)15-9/h2-3,7H,4-6H2,1H3/t7-/m0/s1. The topological polar surface area (TPSA) is 46.6 Å². The van der Waals surface area contributed by atoms with Gasteiger partial charge in [0.05, 0.1) is 16.5 Å². The molecule has 1 aromatic rings. The van der Waals surface area contributed by atoms with Crippen LogP contribution in [0.3, 0.4) is 0 Å². The number of sulfonamides is 1. The summed E-state index contributed by atoms with van der Waals surface area (Å²) in [5.74, 6) is 0. The average molecular weight is 326 g/mol. The van der Waals surface area contributed by atoms with E-state index in [1.165, 1.54) is 15.6 Å². The molecule has 1 aliphatic rings.